The highest BCUT2D eigenvalue weighted by atomic mass is 35.5. The lowest BCUT2D eigenvalue weighted by atomic mass is 9.94. The molecule has 1 aromatic heterocycles. The molecule has 0 radical (unpaired) electrons. The zero-order valence-corrected chi connectivity index (χ0v) is 21.8. The Hall–Kier alpha value is -3.96. The second kappa shape index (κ2) is 10.2. The lowest BCUT2D eigenvalue weighted by Gasteiger charge is -2.24. The molecule has 1 N–H and O–H groups in total. The molecule has 10 nitrogen and oxygen atoms in total. The SMILES string of the molecule is CCOC(=O)C1=C(C)N=c2s/c(=C/c3cc(Cl)c(O)c(OC)c3)c(=O)n2[C@@H]1c1ccc(C)c([N+](=O)[O-])c1. The molecule has 3 aromatic rings. The first kappa shape index (κ1) is 26.1. The van der Waals surface area contributed by atoms with Crippen molar-refractivity contribution in [3.8, 4) is 11.5 Å². The van der Waals surface area contributed by atoms with Gasteiger partial charge in [-0.2, -0.15) is 0 Å². The van der Waals surface area contributed by atoms with E-state index in [9.17, 15) is 24.8 Å². The molecule has 1 atom stereocenters. The lowest BCUT2D eigenvalue weighted by Crippen LogP contribution is -2.40. The van der Waals surface area contributed by atoms with Crippen molar-refractivity contribution in [2.45, 2.75) is 26.8 Å². The van der Waals surface area contributed by atoms with Gasteiger partial charge in [-0.3, -0.25) is 19.5 Å². The molecule has 1 aliphatic rings. The standard InChI is InChI=1S/C25H22ClN3O7S/c1-5-36-24(32)20-13(3)27-25-28(21(20)15-7-6-12(2)17(11-15)29(33)34)23(31)19(37-25)10-14-8-16(26)22(30)18(9-14)35-4/h6-11,21,30H,5H2,1-4H3/b19-10+/t21-/m1/s1. The summed E-state index contributed by atoms with van der Waals surface area (Å²) in [6.07, 6.45) is 1.57. The molecule has 4 rings (SSSR count). The molecule has 192 valence electrons. The van der Waals surface area contributed by atoms with Gasteiger partial charge in [0.25, 0.3) is 11.2 Å². The van der Waals surface area contributed by atoms with Gasteiger partial charge < -0.3 is 14.6 Å². The average molecular weight is 544 g/mol. The van der Waals surface area contributed by atoms with Crippen LogP contribution in [0.3, 0.4) is 0 Å². The number of nitrogens with zero attached hydrogens (tertiary/aromatic N) is 3. The number of aryl methyl sites for hydroxylation is 1. The number of ether oxygens (including phenoxy) is 2. The number of nitro groups is 1. The first-order valence-corrected chi connectivity index (χ1v) is 12.3. The van der Waals surface area contributed by atoms with E-state index >= 15 is 0 Å². The molecule has 0 saturated carbocycles. The van der Waals surface area contributed by atoms with E-state index < -0.39 is 22.5 Å². The van der Waals surface area contributed by atoms with E-state index in [2.05, 4.69) is 4.99 Å². The van der Waals surface area contributed by atoms with E-state index in [1.807, 2.05) is 0 Å². The number of phenols is 1. The maximum absolute atomic E-state index is 13.7. The molecule has 1 aliphatic heterocycles. The zero-order chi connectivity index (χ0) is 27.0. The second-order valence-corrected chi connectivity index (χ2v) is 9.58. The van der Waals surface area contributed by atoms with Crippen molar-refractivity contribution in [3.63, 3.8) is 0 Å². The minimum absolute atomic E-state index is 0.0451. The van der Waals surface area contributed by atoms with E-state index in [0.29, 0.717) is 27.2 Å². The fourth-order valence-electron chi connectivity index (χ4n) is 4.08. The van der Waals surface area contributed by atoms with Crippen LogP contribution in [-0.2, 0) is 9.53 Å². The Labute approximate surface area is 219 Å². The zero-order valence-electron chi connectivity index (χ0n) is 20.3. The van der Waals surface area contributed by atoms with Gasteiger partial charge in [-0.15, -0.1) is 0 Å². The number of benzene rings is 2. The monoisotopic (exact) mass is 543 g/mol. The Bertz CT molecular complexity index is 1660. The van der Waals surface area contributed by atoms with Crippen LogP contribution < -0.4 is 19.6 Å². The molecule has 0 aliphatic carbocycles. The topological polar surface area (TPSA) is 133 Å². The molecule has 0 amide bonds. The van der Waals surface area contributed by atoms with Gasteiger partial charge in [0, 0.05) is 11.6 Å². The maximum Gasteiger partial charge on any atom is 0.338 e. The molecule has 0 unspecified atom stereocenters. The highest BCUT2D eigenvalue weighted by molar-refractivity contribution is 7.07. The van der Waals surface area contributed by atoms with Crippen molar-refractivity contribution >= 4 is 40.7 Å². The molecular weight excluding hydrogens is 522 g/mol. The molecular formula is C25H22ClN3O7S. The molecule has 2 aromatic carbocycles. The summed E-state index contributed by atoms with van der Waals surface area (Å²) in [4.78, 5) is 42.6. The number of rotatable bonds is 6. The number of fused-ring (bicyclic) bond motifs is 1. The number of hydrogen-bond donors (Lipinski definition) is 1. The minimum Gasteiger partial charge on any atom is -0.503 e. The van der Waals surface area contributed by atoms with Gasteiger partial charge >= 0.3 is 5.97 Å². The fraction of sp³-hybridized carbons (Fsp3) is 0.240. The van der Waals surface area contributed by atoms with E-state index in [4.69, 9.17) is 21.1 Å². The fourth-order valence-corrected chi connectivity index (χ4v) is 5.35. The number of allylic oxidation sites excluding steroid dienone is 1. The number of aromatic nitrogens is 1. The van der Waals surface area contributed by atoms with Crippen LogP contribution in [-0.4, -0.2) is 34.3 Å². The number of carbonyl (C=O) groups excluding carboxylic acids is 1. The lowest BCUT2D eigenvalue weighted by molar-refractivity contribution is -0.385. The number of methoxy groups -OCH3 is 1. The summed E-state index contributed by atoms with van der Waals surface area (Å²) in [6.45, 7) is 5.00. The normalized spacial score (nSPS) is 15.3. The summed E-state index contributed by atoms with van der Waals surface area (Å²) in [6, 6.07) is 6.59. The number of carbonyl (C=O) groups is 1. The number of thiazole rings is 1. The van der Waals surface area contributed by atoms with Crippen LogP contribution in [0.1, 0.15) is 36.6 Å². The highest BCUT2D eigenvalue weighted by Crippen LogP contribution is 2.35. The average Bonchev–Trinajstić information content (AvgIpc) is 3.14. The second-order valence-electron chi connectivity index (χ2n) is 8.16. The molecule has 0 bridgehead atoms. The summed E-state index contributed by atoms with van der Waals surface area (Å²) in [5, 5.41) is 21.7. The largest absolute Gasteiger partial charge is 0.503 e. The van der Waals surface area contributed by atoms with E-state index in [1.54, 1.807) is 39.0 Å². The van der Waals surface area contributed by atoms with E-state index in [-0.39, 0.29) is 38.9 Å². The number of nitro benzene ring substituents is 1. The number of esters is 1. The van der Waals surface area contributed by atoms with Crippen LogP contribution in [0.15, 0.2) is 51.4 Å². The van der Waals surface area contributed by atoms with Crippen LogP contribution in [0.5, 0.6) is 11.5 Å². The number of halogens is 1. The molecule has 0 saturated heterocycles. The smallest absolute Gasteiger partial charge is 0.338 e. The van der Waals surface area contributed by atoms with Crippen molar-refractivity contribution < 1.29 is 24.3 Å². The Morgan fingerprint density at radius 3 is 2.70 bits per heavy atom. The van der Waals surface area contributed by atoms with Crippen molar-refractivity contribution in [1.82, 2.24) is 4.57 Å². The van der Waals surface area contributed by atoms with Crippen LogP contribution in [0.2, 0.25) is 5.02 Å². The summed E-state index contributed by atoms with van der Waals surface area (Å²) < 4.78 is 12.0. The highest BCUT2D eigenvalue weighted by Gasteiger charge is 2.34. The third kappa shape index (κ3) is 4.75. The van der Waals surface area contributed by atoms with Crippen molar-refractivity contribution in [3.05, 3.63) is 93.1 Å². The number of aromatic hydroxyl groups is 1. The third-order valence-corrected chi connectivity index (χ3v) is 7.10. The summed E-state index contributed by atoms with van der Waals surface area (Å²) in [5.41, 5.74) is 1.17. The predicted molar refractivity (Wildman–Crippen MR) is 138 cm³/mol. The van der Waals surface area contributed by atoms with Crippen molar-refractivity contribution in [2.24, 2.45) is 4.99 Å². The van der Waals surface area contributed by atoms with Crippen LogP contribution >= 0.6 is 22.9 Å². The molecule has 37 heavy (non-hydrogen) atoms. The number of hydrogen-bond acceptors (Lipinski definition) is 9. The van der Waals surface area contributed by atoms with Crippen molar-refractivity contribution in [2.75, 3.05) is 13.7 Å². The summed E-state index contributed by atoms with van der Waals surface area (Å²) >= 11 is 7.19. The first-order chi connectivity index (χ1) is 17.6. The Morgan fingerprint density at radius 2 is 2.05 bits per heavy atom. The minimum atomic E-state index is -0.991. The van der Waals surface area contributed by atoms with Gasteiger partial charge in [-0.05, 0) is 50.1 Å². The van der Waals surface area contributed by atoms with Gasteiger partial charge in [0.05, 0.1) is 45.5 Å². The van der Waals surface area contributed by atoms with Gasteiger partial charge in [0.15, 0.2) is 16.3 Å². The summed E-state index contributed by atoms with van der Waals surface area (Å²) in [7, 11) is 1.38. The van der Waals surface area contributed by atoms with Gasteiger partial charge in [0.2, 0.25) is 0 Å². The van der Waals surface area contributed by atoms with E-state index in [0.717, 1.165) is 11.3 Å². The maximum atomic E-state index is 13.7. The molecule has 0 spiro atoms. The Balaban J connectivity index is 1.99. The summed E-state index contributed by atoms with van der Waals surface area (Å²) in [5.74, 6) is -0.753. The molecule has 12 heteroatoms. The van der Waals surface area contributed by atoms with Crippen LogP contribution in [0.4, 0.5) is 5.69 Å². The Kier molecular flexibility index (Phi) is 7.19. The van der Waals surface area contributed by atoms with Gasteiger partial charge in [-0.25, -0.2) is 9.79 Å². The van der Waals surface area contributed by atoms with Gasteiger partial charge in [0.1, 0.15) is 0 Å². The third-order valence-electron chi connectivity index (χ3n) is 5.83. The Morgan fingerprint density at radius 1 is 1.32 bits per heavy atom. The molecule has 2 heterocycles. The number of phenolic OH excluding ortho intramolecular Hbond substituents is 1. The van der Waals surface area contributed by atoms with Crippen LogP contribution in [0, 0.1) is 17.0 Å². The van der Waals surface area contributed by atoms with Crippen molar-refractivity contribution in [1.29, 1.82) is 0 Å². The molecule has 0 fully saturated rings. The van der Waals surface area contributed by atoms with E-state index in [1.165, 1.54) is 29.9 Å². The quantitative estimate of drug-likeness (QED) is 0.286. The first-order valence-electron chi connectivity index (χ1n) is 11.1. The van der Waals surface area contributed by atoms with Crippen LogP contribution in [0.25, 0.3) is 6.08 Å². The predicted octanol–water partition coefficient (Wildman–Crippen LogP) is 3.38. The van der Waals surface area contributed by atoms with Gasteiger partial charge in [-0.1, -0.05) is 35.1 Å².